The van der Waals surface area contributed by atoms with Crippen LogP contribution in [0.5, 0.6) is 0 Å². The molecule has 1 aromatic carbocycles. The van der Waals surface area contributed by atoms with Crippen LogP contribution in [0.1, 0.15) is 19.3 Å². The molecule has 0 aromatic heterocycles. The normalized spacial score (nSPS) is 25.0. The van der Waals surface area contributed by atoms with Crippen molar-refractivity contribution < 1.29 is 4.79 Å². The number of fused-ring (bicyclic) bond motifs is 1. The lowest BCUT2D eigenvalue weighted by molar-refractivity contribution is -0.117. The molecule has 114 valence electrons. The number of hydrogen-bond acceptors (Lipinski definition) is 3. The molecule has 1 aromatic rings. The Morgan fingerprint density at radius 2 is 1.95 bits per heavy atom. The van der Waals surface area contributed by atoms with E-state index in [1.54, 1.807) is 12.1 Å². The van der Waals surface area contributed by atoms with Crippen molar-refractivity contribution >= 4 is 40.5 Å². The summed E-state index contributed by atoms with van der Waals surface area (Å²) in [5.74, 6) is 1.48. The van der Waals surface area contributed by atoms with E-state index in [0.717, 1.165) is 24.9 Å². The van der Waals surface area contributed by atoms with E-state index >= 15 is 0 Å². The van der Waals surface area contributed by atoms with Crippen molar-refractivity contribution in [3.63, 3.8) is 0 Å². The van der Waals surface area contributed by atoms with Gasteiger partial charge in [0, 0.05) is 18.1 Å². The van der Waals surface area contributed by atoms with E-state index in [1.165, 1.54) is 19.3 Å². The van der Waals surface area contributed by atoms with Gasteiger partial charge >= 0.3 is 0 Å². The molecule has 1 aliphatic heterocycles. The monoisotopic (exact) mass is 327 g/mol. The first-order chi connectivity index (χ1) is 10.0. The molecule has 2 fully saturated rings. The molecule has 2 unspecified atom stereocenters. The number of nitrogen functional groups attached to an aromatic ring is 1. The van der Waals surface area contributed by atoms with Gasteiger partial charge in [0.2, 0.25) is 5.91 Å². The summed E-state index contributed by atoms with van der Waals surface area (Å²) in [6.45, 7) is 2.45. The number of hydrogen-bond donors (Lipinski definition) is 2. The molecule has 1 saturated carbocycles. The van der Waals surface area contributed by atoms with Gasteiger partial charge in [-0.25, -0.2) is 0 Å². The zero-order valence-corrected chi connectivity index (χ0v) is 13.3. The standard InChI is InChI=1S/C15H19Cl2N3O/c16-11-4-12(17)15(13(18)5-11)19-14(21)8-20-6-9-2-1-3-10(9)7-20/h4-5,9-10H,1-3,6-8,18H2,(H,19,21). The Bertz CT molecular complexity index is 529. The minimum atomic E-state index is -0.0779. The molecule has 3 rings (SSSR count). The van der Waals surface area contributed by atoms with Crippen molar-refractivity contribution in [1.82, 2.24) is 4.90 Å². The number of benzene rings is 1. The summed E-state index contributed by atoms with van der Waals surface area (Å²) in [5.41, 5.74) is 6.69. The molecular weight excluding hydrogens is 309 g/mol. The van der Waals surface area contributed by atoms with Gasteiger partial charge in [-0.05, 0) is 36.8 Å². The largest absolute Gasteiger partial charge is 0.397 e. The number of carbonyl (C=O) groups is 1. The lowest BCUT2D eigenvalue weighted by atomic mass is 10.0. The molecule has 4 nitrogen and oxygen atoms in total. The number of halogens is 2. The molecule has 2 atom stereocenters. The summed E-state index contributed by atoms with van der Waals surface area (Å²) in [5, 5.41) is 3.63. The fraction of sp³-hybridized carbons (Fsp3) is 0.533. The summed E-state index contributed by atoms with van der Waals surface area (Å²) < 4.78 is 0. The second-order valence-electron chi connectivity index (χ2n) is 6.05. The Balaban J connectivity index is 1.60. The third-order valence-electron chi connectivity index (χ3n) is 4.52. The molecule has 0 spiro atoms. The van der Waals surface area contributed by atoms with Gasteiger partial charge in [0.05, 0.1) is 22.9 Å². The first-order valence-corrected chi connectivity index (χ1v) is 8.05. The van der Waals surface area contributed by atoms with Crippen LogP contribution in [-0.2, 0) is 4.79 Å². The molecule has 2 aliphatic rings. The number of amides is 1. The van der Waals surface area contributed by atoms with E-state index in [9.17, 15) is 4.79 Å². The van der Waals surface area contributed by atoms with Crippen LogP contribution in [0.15, 0.2) is 12.1 Å². The highest BCUT2D eigenvalue weighted by atomic mass is 35.5. The van der Waals surface area contributed by atoms with E-state index < -0.39 is 0 Å². The second kappa shape index (κ2) is 6.03. The van der Waals surface area contributed by atoms with Crippen molar-refractivity contribution in [1.29, 1.82) is 0 Å². The third-order valence-corrected chi connectivity index (χ3v) is 5.04. The van der Waals surface area contributed by atoms with Crippen molar-refractivity contribution in [2.45, 2.75) is 19.3 Å². The third kappa shape index (κ3) is 3.28. The summed E-state index contributed by atoms with van der Waals surface area (Å²) in [4.78, 5) is 14.4. The summed E-state index contributed by atoms with van der Waals surface area (Å²) >= 11 is 11.9. The smallest absolute Gasteiger partial charge is 0.238 e. The highest BCUT2D eigenvalue weighted by Gasteiger charge is 2.36. The maximum Gasteiger partial charge on any atom is 0.238 e. The van der Waals surface area contributed by atoms with Crippen LogP contribution >= 0.6 is 23.2 Å². The maximum atomic E-state index is 12.2. The first kappa shape index (κ1) is 14.9. The minimum absolute atomic E-state index is 0.0779. The molecule has 6 heteroatoms. The molecule has 1 aliphatic carbocycles. The lowest BCUT2D eigenvalue weighted by Crippen LogP contribution is -2.32. The van der Waals surface area contributed by atoms with Crippen LogP contribution in [-0.4, -0.2) is 30.4 Å². The summed E-state index contributed by atoms with van der Waals surface area (Å²) in [7, 11) is 0. The van der Waals surface area contributed by atoms with Gasteiger partial charge in [0.15, 0.2) is 0 Å². The molecule has 0 bridgehead atoms. The van der Waals surface area contributed by atoms with Gasteiger partial charge in [-0.15, -0.1) is 0 Å². The highest BCUT2D eigenvalue weighted by Crippen LogP contribution is 2.37. The van der Waals surface area contributed by atoms with E-state index in [0.29, 0.717) is 28.0 Å². The van der Waals surface area contributed by atoms with Crippen LogP contribution < -0.4 is 11.1 Å². The van der Waals surface area contributed by atoms with Crippen molar-refractivity contribution in [3.05, 3.63) is 22.2 Å². The topological polar surface area (TPSA) is 58.4 Å². The van der Waals surface area contributed by atoms with Gasteiger partial charge in [-0.1, -0.05) is 29.6 Å². The quantitative estimate of drug-likeness (QED) is 0.838. The number of anilines is 2. The molecule has 1 amide bonds. The predicted octanol–water partition coefficient (Wildman–Crippen LogP) is 3.25. The number of nitrogens with zero attached hydrogens (tertiary/aromatic N) is 1. The zero-order chi connectivity index (χ0) is 15.0. The molecule has 1 heterocycles. The van der Waals surface area contributed by atoms with Gasteiger partial charge in [-0.2, -0.15) is 0 Å². The van der Waals surface area contributed by atoms with Crippen LogP contribution in [0.2, 0.25) is 10.0 Å². The van der Waals surface area contributed by atoms with Crippen molar-refractivity contribution in [2.24, 2.45) is 11.8 Å². The molecule has 1 saturated heterocycles. The van der Waals surface area contributed by atoms with Gasteiger partial charge in [0.1, 0.15) is 0 Å². The lowest BCUT2D eigenvalue weighted by Gasteiger charge is -2.17. The van der Waals surface area contributed by atoms with Gasteiger partial charge in [-0.3, -0.25) is 9.69 Å². The number of rotatable bonds is 3. The SMILES string of the molecule is Nc1cc(Cl)cc(Cl)c1NC(=O)CN1CC2CCCC2C1. The number of nitrogens with two attached hydrogens (primary N) is 1. The van der Waals surface area contributed by atoms with E-state index in [-0.39, 0.29) is 5.91 Å². The minimum Gasteiger partial charge on any atom is -0.397 e. The number of carbonyl (C=O) groups excluding carboxylic acids is 1. The summed E-state index contributed by atoms with van der Waals surface area (Å²) in [6, 6.07) is 3.17. The van der Waals surface area contributed by atoms with Crippen LogP contribution in [0.3, 0.4) is 0 Å². The predicted molar refractivity (Wildman–Crippen MR) is 86.8 cm³/mol. The van der Waals surface area contributed by atoms with E-state index in [2.05, 4.69) is 10.2 Å². The Morgan fingerprint density at radius 1 is 1.29 bits per heavy atom. The fourth-order valence-corrected chi connectivity index (χ4v) is 4.13. The Hall–Kier alpha value is -0.970. The Labute approximate surface area is 134 Å². The average molecular weight is 328 g/mol. The first-order valence-electron chi connectivity index (χ1n) is 7.29. The van der Waals surface area contributed by atoms with Crippen LogP contribution in [0.25, 0.3) is 0 Å². The average Bonchev–Trinajstić information content (AvgIpc) is 2.94. The molecular formula is C15H19Cl2N3O. The molecule has 21 heavy (non-hydrogen) atoms. The van der Waals surface area contributed by atoms with Crippen LogP contribution in [0.4, 0.5) is 11.4 Å². The molecule has 3 N–H and O–H groups in total. The Kier molecular flexibility index (Phi) is 4.29. The van der Waals surface area contributed by atoms with Crippen LogP contribution in [0, 0.1) is 11.8 Å². The number of likely N-dealkylation sites (tertiary alicyclic amines) is 1. The second-order valence-corrected chi connectivity index (χ2v) is 6.89. The summed E-state index contributed by atoms with van der Waals surface area (Å²) in [6.07, 6.45) is 3.95. The maximum absolute atomic E-state index is 12.2. The Morgan fingerprint density at radius 3 is 2.57 bits per heavy atom. The number of nitrogens with one attached hydrogen (secondary N) is 1. The van der Waals surface area contributed by atoms with E-state index in [1.807, 2.05) is 0 Å². The van der Waals surface area contributed by atoms with Crippen molar-refractivity contribution in [2.75, 3.05) is 30.7 Å². The van der Waals surface area contributed by atoms with Gasteiger partial charge < -0.3 is 11.1 Å². The van der Waals surface area contributed by atoms with Crippen molar-refractivity contribution in [3.8, 4) is 0 Å². The molecule has 0 radical (unpaired) electrons. The van der Waals surface area contributed by atoms with E-state index in [4.69, 9.17) is 28.9 Å². The highest BCUT2D eigenvalue weighted by molar-refractivity contribution is 6.37. The van der Waals surface area contributed by atoms with Gasteiger partial charge in [0.25, 0.3) is 0 Å². The fourth-order valence-electron chi connectivity index (χ4n) is 3.57. The zero-order valence-electron chi connectivity index (χ0n) is 11.7.